The van der Waals surface area contributed by atoms with Gasteiger partial charge in [-0.3, -0.25) is 14.5 Å². The molecule has 2 amide bonds. The van der Waals surface area contributed by atoms with Crippen LogP contribution in [-0.4, -0.2) is 38.9 Å². The second-order valence-corrected chi connectivity index (χ2v) is 9.16. The van der Waals surface area contributed by atoms with E-state index in [0.717, 1.165) is 23.1 Å². The van der Waals surface area contributed by atoms with Gasteiger partial charge in [0.2, 0.25) is 11.8 Å². The Morgan fingerprint density at radius 3 is 2.43 bits per heavy atom. The molecule has 12 heteroatoms. The number of nitriles is 1. The van der Waals surface area contributed by atoms with E-state index in [2.05, 4.69) is 10.1 Å². The molecule has 3 aromatic rings. The van der Waals surface area contributed by atoms with E-state index in [4.69, 9.17) is 9.78 Å². The Balaban J connectivity index is 1.48. The summed E-state index contributed by atoms with van der Waals surface area (Å²) in [5.41, 5.74) is -1.88. The first kappa shape index (κ1) is 24.4. The molecule has 1 aliphatic carbocycles. The predicted molar refractivity (Wildman–Crippen MR) is 119 cm³/mol. The van der Waals surface area contributed by atoms with Crippen molar-refractivity contribution in [3.05, 3.63) is 76.7 Å². The number of carbonyl (C=O) groups excluding carboxylic acids is 2. The van der Waals surface area contributed by atoms with Crippen molar-refractivity contribution in [2.45, 2.75) is 43.9 Å². The van der Waals surface area contributed by atoms with Crippen molar-refractivity contribution >= 4 is 17.5 Å². The Morgan fingerprint density at radius 1 is 1.16 bits per heavy atom. The summed E-state index contributed by atoms with van der Waals surface area (Å²) in [5, 5.41) is 12.8. The molecule has 0 N–H and O–H groups in total. The van der Waals surface area contributed by atoms with Gasteiger partial charge >= 0.3 is 6.18 Å². The summed E-state index contributed by atoms with van der Waals surface area (Å²) in [6.45, 7) is 1.07. The van der Waals surface area contributed by atoms with Crippen LogP contribution in [0.4, 0.5) is 23.2 Å². The van der Waals surface area contributed by atoms with E-state index in [9.17, 15) is 27.2 Å². The molecular weight excluding hydrogens is 494 g/mol. The minimum Gasteiger partial charge on any atom is -0.339 e. The zero-order valence-corrected chi connectivity index (χ0v) is 19.4. The number of halogens is 4. The van der Waals surface area contributed by atoms with Crippen LogP contribution in [0.3, 0.4) is 0 Å². The average molecular weight is 513 g/mol. The second-order valence-electron chi connectivity index (χ2n) is 9.16. The molecule has 1 saturated carbocycles. The maximum Gasteiger partial charge on any atom is 0.416 e. The number of alkyl halides is 3. The topological polar surface area (TPSA) is 103 Å². The van der Waals surface area contributed by atoms with Crippen molar-refractivity contribution in [2.75, 3.05) is 11.4 Å². The van der Waals surface area contributed by atoms with E-state index in [1.54, 1.807) is 6.92 Å². The summed E-state index contributed by atoms with van der Waals surface area (Å²) < 4.78 is 59.0. The van der Waals surface area contributed by atoms with Crippen LogP contribution in [0.1, 0.15) is 47.2 Å². The minimum atomic E-state index is -4.51. The standard InChI is InChI=1S/C25H19F4N5O3/c1-14-31-22(37-32-14)17-9-24(10-17)23(36)33(20-7-4-16(11-30)8-19(20)26)13-21(35)34(24)12-15-2-5-18(6-3-15)25(27,28)29/h2-8,17H,9-10,12-13H2,1H3/t17-,24-. The summed E-state index contributed by atoms with van der Waals surface area (Å²) in [4.78, 5) is 33.8. The number of rotatable bonds is 4. The Hall–Kier alpha value is -4.27. The van der Waals surface area contributed by atoms with Crippen LogP contribution in [0.5, 0.6) is 0 Å². The number of benzene rings is 2. The van der Waals surface area contributed by atoms with Gasteiger partial charge in [0.15, 0.2) is 5.82 Å². The maximum atomic E-state index is 14.8. The quantitative estimate of drug-likeness (QED) is 0.487. The van der Waals surface area contributed by atoms with Crippen molar-refractivity contribution in [2.24, 2.45) is 0 Å². The fourth-order valence-electron chi connectivity index (χ4n) is 4.91. The monoisotopic (exact) mass is 513 g/mol. The van der Waals surface area contributed by atoms with Crippen LogP contribution in [0.15, 0.2) is 47.0 Å². The second kappa shape index (κ2) is 8.69. The third kappa shape index (κ3) is 4.20. The molecule has 0 unspecified atom stereocenters. The van der Waals surface area contributed by atoms with E-state index in [-0.39, 0.29) is 36.6 Å². The van der Waals surface area contributed by atoms with Gasteiger partial charge in [0.1, 0.15) is 17.9 Å². The Kier molecular flexibility index (Phi) is 5.73. The Labute approximate surface area is 208 Å². The van der Waals surface area contributed by atoms with Gasteiger partial charge in [-0.25, -0.2) is 4.39 Å². The summed E-state index contributed by atoms with van der Waals surface area (Å²) in [7, 11) is 0. The third-order valence-electron chi connectivity index (χ3n) is 6.80. The van der Waals surface area contributed by atoms with Gasteiger partial charge in [-0.1, -0.05) is 17.3 Å². The molecule has 0 bridgehead atoms. The highest BCUT2D eigenvalue weighted by atomic mass is 19.4. The van der Waals surface area contributed by atoms with Gasteiger partial charge in [-0.15, -0.1) is 0 Å². The number of aromatic nitrogens is 2. The fraction of sp³-hybridized carbons (Fsp3) is 0.320. The largest absolute Gasteiger partial charge is 0.416 e. The molecule has 2 fully saturated rings. The van der Waals surface area contributed by atoms with Gasteiger partial charge in [0.25, 0.3) is 5.91 Å². The molecule has 5 rings (SSSR count). The van der Waals surface area contributed by atoms with Gasteiger partial charge in [-0.05, 0) is 55.7 Å². The molecule has 1 saturated heterocycles. The molecule has 37 heavy (non-hydrogen) atoms. The number of aryl methyl sites for hydroxylation is 1. The van der Waals surface area contributed by atoms with E-state index >= 15 is 0 Å². The minimum absolute atomic E-state index is 0.0613. The normalized spacial score (nSPS) is 21.8. The SMILES string of the molecule is Cc1noc([C@H]2C[C@]3(C2)C(=O)N(c2ccc(C#N)cc2F)CC(=O)N3Cc2ccc(C(F)(F)F)cc2)n1. The van der Waals surface area contributed by atoms with Gasteiger partial charge in [0.05, 0.1) is 22.9 Å². The summed E-state index contributed by atoms with van der Waals surface area (Å²) in [6.07, 6.45) is -4.27. The van der Waals surface area contributed by atoms with Crippen molar-refractivity contribution in [3.63, 3.8) is 0 Å². The average Bonchev–Trinajstić information content (AvgIpc) is 3.26. The third-order valence-corrected chi connectivity index (χ3v) is 6.80. The molecule has 2 aliphatic rings. The molecule has 1 aliphatic heterocycles. The first-order valence-corrected chi connectivity index (χ1v) is 11.3. The number of anilines is 1. The number of piperazine rings is 1. The lowest BCUT2D eigenvalue weighted by molar-refractivity contribution is -0.160. The summed E-state index contributed by atoms with van der Waals surface area (Å²) >= 11 is 0. The summed E-state index contributed by atoms with van der Waals surface area (Å²) in [6, 6.07) is 9.79. The molecule has 2 heterocycles. The van der Waals surface area contributed by atoms with Crippen LogP contribution in [0.2, 0.25) is 0 Å². The van der Waals surface area contributed by atoms with E-state index in [1.807, 2.05) is 6.07 Å². The van der Waals surface area contributed by atoms with E-state index in [0.29, 0.717) is 17.3 Å². The lowest BCUT2D eigenvalue weighted by Gasteiger charge is -2.56. The lowest BCUT2D eigenvalue weighted by Crippen LogP contribution is -2.72. The zero-order chi connectivity index (χ0) is 26.5. The summed E-state index contributed by atoms with van der Waals surface area (Å²) in [5.74, 6) is -1.48. The fourth-order valence-corrected chi connectivity index (χ4v) is 4.91. The predicted octanol–water partition coefficient (Wildman–Crippen LogP) is 4.10. The molecule has 0 atom stereocenters. The van der Waals surface area contributed by atoms with Crippen LogP contribution in [0.25, 0.3) is 0 Å². The van der Waals surface area contributed by atoms with Crippen molar-refractivity contribution in [3.8, 4) is 6.07 Å². The van der Waals surface area contributed by atoms with Crippen LogP contribution >= 0.6 is 0 Å². The van der Waals surface area contributed by atoms with Crippen LogP contribution in [0, 0.1) is 24.1 Å². The van der Waals surface area contributed by atoms with E-state index in [1.165, 1.54) is 29.2 Å². The zero-order valence-electron chi connectivity index (χ0n) is 19.4. The highest BCUT2D eigenvalue weighted by molar-refractivity contribution is 6.10. The lowest BCUT2D eigenvalue weighted by atomic mass is 9.65. The molecule has 2 aromatic carbocycles. The number of carbonyl (C=O) groups is 2. The van der Waals surface area contributed by atoms with E-state index < -0.39 is 41.5 Å². The highest BCUT2D eigenvalue weighted by Gasteiger charge is 2.61. The smallest absolute Gasteiger partial charge is 0.339 e. The molecule has 0 radical (unpaired) electrons. The van der Waals surface area contributed by atoms with Gasteiger partial charge in [0, 0.05) is 12.5 Å². The number of amides is 2. The molecule has 190 valence electrons. The van der Waals surface area contributed by atoms with Crippen molar-refractivity contribution < 1.29 is 31.7 Å². The Bertz CT molecular complexity index is 1420. The van der Waals surface area contributed by atoms with Crippen LogP contribution < -0.4 is 4.90 Å². The van der Waals surface area contributed by atoms with Crippen molar-refractivity contribution in [1.82, 2.24) is 15.0 Å². The van der Waals surface area contributed by atoms with Crippen molar-refractivity contribution in [1.29, 1.82) is 5.26 Å². The highest BCUT2D eigenvalue weighted by Crippen LogP contribution is 2.51. The molecule has 1 aromatic heterocycles. The molecule has 8 nitrogen and oxygen atoms in total. The molecular formula is C25H19F4N5O3. The Morgan fingerprint density at radius 2 is 1.86 bits per heavy atom. The first-order chi connectivity index (χ1) is 17.5. The van der Waals surface area contributed by atoms with Gasteiger partial charge in [-0.2, -0.15) is 23.4 Å². The number of hydrogen-bond donors (Lipinski definition) is 0. The van der Waals surface area contributed by atoms with Gasteiger partial charge < -0.3 is 9.42 Å². The number of hydrogen-bond acceptors (Lipinski definition) is 6. The maximum absolute atomic E-state index is 14.8. The number of nitrogens with zero attached hydrogens (tertiary/aromatic N) is 5. The van der Waals surface area contributed by atoms with Crippen LogP contribution in [-0.2, 0) is 22.3 Å². The molecule has 1 spiro atoms. The first-order valence-electron chi connectivity index (χ1n) is 11.3.